The highest BCUT2D eigenvalue weighted by atomic mass is 16.2. The van der Waals surface area contributed by atoms with E-state index in [0.717, 1.165) is 70.4 Å². The van der Waals surface area contributed by atoms with Gasteiger partial charge in [0.1, 0.15) is 0 Å². The van der Waals surface area contributed by atoms with Crippen LogP contribution in [0.25, 0.3) is 0 Å². The molecule has 4 fully saturated rings. The van der Waals surface area contributed by atoms with Crippen LogP contribution in [0.2, 0.25) is 0 Å². The van der Waals surface area contributed by atoms with Crippen LogP contribution in [0.3, 0.4) is 0 Å². The maximum absolute atomic E-state index is 13.9. The van der Waals surface area contributed by atoms with Crippen LogP contribution < -0.4 is 9.80 Å². The summed E-state index contributed by atoms with van der Waals surface area (Å²) in [6.45, 7) is 12.8. The van der Waals surface area contributed by atoms with E-state index in [9.17, 15) is 19.2 Å². The van der Waals surface area contributed by atoms with E-state index in [-0.39, 0.29) is 82.8 Å². The number of nitrogens with zero attached hydrogens (tertiary/aromatic N) is 2. The van der Waals surface area contributed by atoms with Gasteiger partial charge in [0.15, 0.2) is 0 Å². The molecule has 47 heavy (non-hydrogen) atoms. The second-order valence-corrected chi connectivity index (χ2v) is 15.6. The van der Waals surface area contributed by atoms with Gasteiger partial charge in [0.25, 0.3) is 0 Å². The van der Waals surface area contributed by atoms with Crippen LogP contribution in [0.4, 0.5) is 11.4 Å². The molecule has 2 aliphatic heterocycles. The van der Waals surface area contributed by atoms with E-state index in [1.807, 2.05) is 0 Å². The first kappa shape index (κ1) is 30.5. The normalized spacial score (nSPS) is 31.6. The Hall–Kier alpha value is -3.80. The van der Waals surface area contributed by atoms with Gasteiger partial charge < -0.3 is 0 Å². The third-order valence-corrected chi connectivity index (χ3v) is 12.4. The van der Waals surface area contributed by atoms with Crippen LogP contribution in [0.15, 0.2) is 48.6 Å². The molecule has 6 aliphatic rings. The maximum atomic E-state index is 13.9. The van der Waals surface area contributed by atoms with Crippen molar-refractivity contribution in [3.05, 3.63) is 82.0 Å². The number of hydrogen-bond acceptors (Lipinski definition) is 4. The molecule has 8 rings (SSSR count). The van der Waals surface area contributed by atoms with Crippen molar-refractivity contribution in [1.82, 2.24) is 0 Å². The molecule has 2 saturated heterocycles. The Balaban J connectivity index is 1.16. The molecule has 4 amide bonds. The molecule has 2 aromatic rings. The zero-order valence-electron chi connectivity index (χ0n) is 28.5. The number of benzene rings is 2. The van der Waals surface area contributed by atoms with Crippen LogP contribution in [0.1, 0.15) is 99.6 Å². The first-order valence-electron chi connectivity index (χ1n) is 18.0. The largest absolute Gasteiger partial charge is 0.274 e. The van der Waals surface area contributed by atoms with E-state index in [2.05, 4.69) is 90.1 Å². The SMILES string of the molecule is CCc1cc(Cc2cc(CC)c(N3C(=O)C4C5C=CC(C5)C4C3=O)c(C(C)C)c2)cc(C(C)C)c1N1C(=O)C2C3C=CC(C3)C2C1=O. The quantitative estimate of drug-likeness (QED) is 0.227. The number of fused-ring (bicyclic) bond motifs is 10. The Labute approximate surface area is 278 Å². The summed E-state index contributed by atoms with van der Waals surface area (Å²) < 4.78 is 0. The first-order valence-corrected chi connectivity index (χ1v) is 18.0. The number of carbonyl (C=O) groups excluding carboxylic acids is 4. The summed E-state index contributed by atoms with van der Waals surface area (Å²) in [5, 5.41) is 0. The Bertz CT molecular complexity index is 1610. The van der Waals surface area contributed by atoms with Crippen molar-refractivity contribution in [2.45, 2.75) is 85.5 Å². The van der Waals surface area contributed by atoms with Crippen molar-refractivity contribution in [3.63, 3.8) is 0 Å². The van der Waals surface area contributed by atoms with Crippen LogP contribution in [0.5, 0.6) is 0 Å². The van der Waals surface area contributed by atoms with E-state index < -0.39 is 0 Å². The molecule has 6 heteroatoms. The Morgan fingerprint density at radius 2 is 0.872 bits per heavy atom. The fourth-order valence-corrected chi connectivity index (χ4v) is 10.2. The average Bonchev–Trinajstić information content (AvgIpc) is 3.90. The predicted molar refractivity (Wildman–Crippen MR) is 183 cm³/mol. The van der Waals surface area contributed by atoms with Gasteiger partial charge in [0.05, 0.1) is 35.0 Å². The van der Waals surface area contributed by atoms with E-state index >= 15 is 0 Å². The van der Waals surface area contributed by atoms with Gasteiger partial charge in [-0.2, -0.15) is 0 Å². The smallest absolute Gasteiger partial charge is 0.238 e. The summed E-state index contributed by atoms with van der Waals surface area (Å²) in [6, 6.07) is 8.78. The highest BCUT2D eigenvalue weighted by Crippen LogP contribution is 2.55. The average molecular weight is 631 g/mol. The number of hydrogen-bond donors (Lipinski definition) is 0. The summed E-state index contributed by atoms with van der Waals surface area (Å²) >= 11 is 0. The molecule has 0 spiro atoms. The molecule has 0 aromatic heterocycles. The Kier molecular flexibility index (Phi) is 7.06. The molecule has 6 nitrogen and oxygen atoms in total. The van der Waals surface area contributed by atoms with Gasteiger partial charge in [-0.15, -0.1) is 0 Å². The summed E-state index contributed by atoms with van der Waals surface area (Å²) in [7, 11) is 0. The maximum Gasteiger partial charge on any atom is 0.238 e. The molecule has 4 aliphatic carbocycles. The molecule has 0 radical (unpaired) electrons. The number of rotatable bonds is 8. The van der Waals surface area contributed by atoms with Crippen LogP contribution in [-0.4, -0.2) is 23.6 Å². The van der Waals surface area contributed by atoms with Gasteiger partial charge in [-0.1, -0.05) is 90.1 Å². The fourth-order valence-electron chi connectivity index (χ4n) is 10.2. The highest BCUT2D eigenvalue weighted by Gasteiger charge is 2.61. The number of carbonyl (C=O) groups is 4. The molecular weight excluding hydrogens is 584 g/mol. The molecule has 0 N–H and O–H groups in total. The minimum atomic E-state index is -0.220. The number of allylic oxidation sites excluding steroid dienone is 4. The van der Waals surface area contributed by atoms with Gasteiger partial charge >= 0.3 is 0 Å². The summed E-state index contributed by atoms with van der Waals surface area (Å²) in [5.74, 6) is 0.0111. The third kappa shape index (κ3) is 4.28. The second-order valence-electron chi connectivity index (χ2n) is 15.6. The lowest BCUT2D eigenvalue weighted by atomic mass is 9.85. The lowest BCUT2D eigenvalue weighted by Crippen LogP contribution is -2.35. The number of amides is 4. The van der Waals surface area contributed by atoms with Crippen molar-refractivity contribution < 1.29 is 19.2 Å². The van der Waals surface area contributed by atoms with E-state index in [0.29, 0.717) is 6.42 Å². The minimum Gasteiger partial charge on any atom is -0.274 e. The Morgan fingerprint density at radius 1 is 0.553 bits per heavy atom. The van der Waals surface area contributed by atoms with Crippen LogP contribution >= 0.6 is 0 Å². The molecule has 8 atom stereocenters. The van der Waals surface area contributed by atoms with Gasteiger partial charge in [-0.3, -0.25) is 19.2 Å². The van der Waals surface area contributed by atoms with Crippen molar-refractivity contribution in [1.29, 1.82) is 0 Å². The van der Waals surface area contributed by atoms with Gasteiger partial charge in [0, 0.05) is 0 Å². The molecule has 244 valence electrons. The highest BCUT2D eigenvalue weighted by molar-refractivity contribution is 6.24. The molecule has 4 bridgehead atoms. The Morgan fingerprint density at radius 3 is 1.15 bits per heavy atom. The molecular formula is C41H46N2O4. The third-order valence-electron chi connectivity index (χ3n) is 12.4. The summed E-state index contributed by atoms with van der Waals surface area (Å²) in [4.78, 5) is 58.7. The molecule has 2 saturated carbocycles. The minimum absolute atomic E-state index is 0.0233. The topological polar surface area (TPSA) is 74.8 Å². The van der Waals surface area contributed by atoms with Crippen LogP contribution in [-0.2, 0) is 38.4 Å². The number of aryl methyl sites for hydroxylation is 2. The van der Waals surface area contributed by atoms with Gasteiger partial charge in [0.2, 0.25) is 23.6 Å². The number of anilines is 2. The lowest BCUT2D eigenvalue weighted by molar-refractivity contribution is -0.124. The van der Waals surface area contributed by atoms with Crippen molar-refractivity contribution in [3.8, 4) is 0 Å². The van der Waals surface area contributed by atoms with Gasteiger partial charge in [-0.05, 0) is 101 Å². The van der Waals surface area contributed by atoms with Crippen LogP contribution in [0, 0.1) is 47.3 Å². The van der Waals surface area contributed by atoms with E-state index in [1.165, 1.54) is 0 Å². The van der Waals surface area contributed by atoms with Gasteiger partial charge in [-0.25, -0.2) is 9.80 Å². The van der Waals surface area contributed by atoms with E-state index in [1.54, 1.807) is 9.80 Å². The monoisotopic (exact) mass is 630 g/mol. The first-order chi connectivity index (χ1) is 22.5. The zero-order chi connectivity index (χ0) is 33.0. The molecule has 2 aromatic carbocycles. The van der Waals surface area contributed by atoms with Crippen molar-refractivity contribution >= 4 is 35.0 Å². The standard InChI is InChI=1S/C41H46N2O4/c1-7-24-14-22(16-30(20(3)4)36(24)42-38(44)32-26-9-10-27(18-26)33(32)39(42)45)13-23-15-25(8-2)37(31(17-23)21(5)6)43-40(46)34-28-11-12-29(19-28)35(34)41(43)47/h9-12,14-17,20-21,26-29,32-35H,7-8,13,18-19H2,1-6H3. The van der Waals surface area contributed by atoms with Crippen molar-refractivity contribution in [2.24, 2.45) is 47.3 Å². The predicted octanol–water partition coefficient (Wildman–Crippen LogP) is 7.27. The molecule has 8 unspecified atom stereocenters. The zero-order valence-corrected chi connectivity index (χ0v) is 28.5. The number of imide groups is 2. The lowest BCUT2D eigenvalue weighted by Gasteiger charge is -2.27. The fraction of sp³-hybridized carbons (Fsp3) is 0.512. The summed E-state index contributed by atoms with van der Waals surface area (Å²) in [6.07, 6.45) is 12.6. The molecule has 2 heterocycles. The summed E-state index contributed by atoms with van der Waals surface area (Å²) in [5.41, 5.74) is 8.06. The van der Waals surface area contributed by atoms with Crippen molar-refractivity contribution in [2.75, 3.05) is 9.80 Å². The second kappa shape index (κ2) is 10.9. The van der Waals surface area contributed by atoms with E-state index in [4.69, 9.17) is 0 Å².